The van der Waals surface area contributed by atoms with Gasteiger partial charge in [-0.25, -0.2) is 4.79 Å². The fourth-order valence-corrected chi connectivity index (χ4v) is 3.10. The van der Waals surface area contributed by atoms with E-state index in [1.165, 1.54) is 13.2 Å². The van der Waals surface area contributed by atoms with E-state index in [0.29, 0.717) is 30.8 Å². The highest BCUT2D eigenvalue weighted by atomic mass is 16.8. The second-order valence-electron chi connectivity index (χ2n) is 7.05. The molecule has 7 heteroatoms. The summed E-state index contributed by atoms with van der Waals surface area (Å²) in [5, 5.41) is 10.3. The zero-order valence-corrected chi connectivity index (χ0v) is 17.2. The van der Waals surface area contributed by atoms with Crippen LogP contribution in [0.15, 0.2) is 18.2 Å². The lowest BCUT2D eigenvalue weighted by Crippen LogP contribution is -2.26. The molecule has 1 aliphatic rings. The van der Waals surface area contributed by atoms with Crippen molar-refractivity contribution in [3.8, 4) is 11.5 Å². The summed E-state index contributed by atoms with van der Waals surface area (Å²) in [6.07, 6.45) is 4.52. The number of phenols is 1. The van der Waals surface area contributed by atoms with Crippen molar-refractivity contribution in [3.05, 3.63) is 29.3 Å². The van der Waals surface area contributed by atoms with Gasteiger partial charge < -0.3 is 28.8 Å². The van der Waals surface area contributed by atoms with Crippen molar-refractivity contribution in [1.82, 2.24) is 0 Å². The number of hydrogen-bond acceptors (Lipinski definition) is 7. The van der Waals surface area contributed by atoms with Crippen molar-refractivity contribution in [2.24, 2.45) is 0 Å². The number of ether oxygens (including phenoxy) is 5. The molecule has 0 bridgehead atoms. The molecule has 0 radical (unpaired) electrons. The molecule has 1 heterocycles. The van der Waals surface area contributed by atoms with E-state index in [1.54, 1.807) is 19.3 Å². The Kier molecular flexibility index (Phi) is 7.86. The first-order valence-electron chi connectivity index (χ1n) is 9.40. The largest absolute Gasteiger partial charge is 0.507 e. The molecule has 0 aliphatic carbocycles. The molecular formula is C21H30O7. The Bertz CT molecular complexity index is 696. The lowest BCUT2D eigenvalue weighted by atomic mass is 10.0. The highest BCUT2D eigenvalue weighted by Gasteiger charge is 2.40. The van der Waals surface area contributed by atoms with E-state index in [4.69, 9.17) is 23.7 Å². The van der Waals surface area contributed by atoms with Gasteiger partial charge in [0.05, 0.1) is 26.4 Å². The maximum absolute atomic E-state index is 12.4. The number of carbonyl (C=O) groups is 1. The molecule has 0 unspecified atom stereocenters. The van der Waals surface area contributed by atoms with Crippen molar-refractivity contribution in [3.63, 3.8) is 0 Å². The molecule has 0 aromatic heterocycles. The van der Waals surface area contributed by atoms with Gasteiger partial charge in [0.2, 0.25) is 0 Å². The Morgan fingerprint density at radius 2 is 1.96 bits per heavy atom. The van der Waals surface area contributed by atoms with Crippen LogP contribution in [-0.4, -0.2) is 56.5 Å². The Morgan fingerprint density at radius 3 is 2.61 bits per heavy atom. The van der Waals surface area contributed by atoms with Crippen LogP contribution in [0.1, 0.15) is 49.5 Å². The minimum absolute atomic E-state index is 0.114. The third kappa shape index (κ3) is 5.70. The number of hydrogen-bond donors (Lipinski definition) is 1. The predicted molar refractivity (Wildman–Crippen MR) is 105 cm³/mol. The van der Waals surface area contributed by atoms with Crippen molar-refractivity contribution >= 4 is 12.0 Å². The van der Waals surface area contributed by atoms with Gasteiger partial charge in [0.15, 0.2) is 5.79 Å². The quantitative estimate of drug-likeness (QED) is 0.641. The number of benzene rings is 1. The molecule has 0 saturated carbocycles. The molecule has 1 aromatic rings. The fraction of sp³-hybridized carbons (Fsp3) is 0.571. The molecule has 7 nitrogen and oxygen atoms in total. The molecule has 1 fully saturated rings. The van der Waals surface area contributed by atoms with Crippen LogP contribution in [0.3, 0.4) is 0 Å². The number of methoxy groups -OCH3 is 2. The molecule has 1 saturated heterocycles. The van der Waals surface area contributed by atoms with Gasteiger partial charge in [0.25, 0.3) is 0 Å². The molecule has 2 atom stereocenters. The summed E-state index contributed by atoms with van der Waals surface area (Å²) < 4.78 is 27.4. The number of phenolic OH excluding ortho intramolecular Hbond substituents is 1. The van der Waals surface area contributed by atoms with Crippen LogP contribution in [0.25, 0.3) is 6.08 Å². The average Bonchev–Trinajstić information content (AvgIpc) is 2.93. The first-order chi connectivity index (χ1) is 13.3. The second-order valence-corrected chi connectivity index (χ2v) is 7.05. The lowest BCUT2D eigenvalue weighted by Gasteiger charge is -2.16. The van der Waals surface area contributed by atoms with Crippen LogP contribution >= 0.6 is 0 Å². The van der Waals surface area contributed by atoms with Gasteiger partial charge in [-0.1, -0.05) is 19.1 Å². The maximum Gasteiger partial charge on any atom is 0.342 e. The smallest absolute Gasteiger partial charge is 0.342 e. The molecule has 2 rings (SSSR count). The fourth-order valence-electron chi connectivity index (χ4n) is 3.10. The van der Waals surface area contributed by atoms with Gasteiger partial charge in [0, 0.05) is 13.2 Å². The lowest BCUT2D eigenvalue weighted by molar-refractivity contribution is -0.149. The summed E-state index contributed by atoms with van der Waals surface area (Å²) in [4.78, 5) is 12.4. The van der Waals surface area contributed by atoms with E-state index in [2.05, 4.69) is 0 Å². The van der Waals surface area contributed by atoms with Crippen LogP contribution in [0.4, 0.5) is 0 Å². The summed E-state index contributed by atoms with van der Waals surface area (Å²) in [5.41, 5.74) is 0.627. The number of aromatic hydroxyl groups is 1. The SMILES string of the molecule is CCCOC(=O)c1c(O)cc(OC)cc1/C=C/C[C@@H]1OC(C)(C)O[C@@H]1COC. The van der Waals surface area contributed by atoms with Crippen LogP contribution < -0.4 is 4.74 Å². The first kappa shape index (κ1) is 22.2. The minimum atomic E-state index is -0.676. The van der Waals surface area contributed by atoms with Crippen LogP contribution in [0.5, 0.6) is 11.5 Å². The van der Waals surface area contributed by atoms with E-state index >= 15 is 0 Å². The molecule has 28 heavy (non-hydrogen) atoms. The monoisotopic (exact) mass is 394 g/mol. The van der Waals surface area contributed by atoms with Crippen molar-refractivity contribution in [1.29, 1.82) is 0 Å². The van der Waals surface area contributed by atoms with Gasteiger partial charge in [-0.15, -0.1) is 0 Å². The van der Waals surface area contributed by atoms with Gasteiger partial charge >= 0.3 is 5.97 Å². The van der Waals surface area contributed by atoms with Crippen molar-refractivity contribution in [2.75, 3.05) is 27.4 Å². The Balaban J connectivity index is 2.21. The second kappa shape index (κ2) is 9.91. The zero-order valence-electron chi connectivity index (χ0n) is 17.2. The van der Waals surface area contributed by atoms with E-state index in [1.807, 2.05) is 26.8 Å². The molecule has 0 amide bonds. The molecule has 1 aliphatic heterocycles. The van der Waals surface area contributed by atoms with Gasteiger partial charge in [-0.05, 0) is 38.3 Å². The zero-order chi connectivity index (χ0) is 20.7. The summed E-state index contributed by atoms with van der Waals surface area (Å²) >= 11 is 0. The minimum Gasteiger partial charge on any atom is -0.507 e. The van der Waals surface area contributed by atoms with Crippen LogP contribution in [-0.2, 0) is 18.9 Å². The average molecular weight is 394 g/mol. The molecular weight excluding hydrogens is 364 g/mol. The summed E-state index contributed by atoms with van der Waals surface area (Å²) in [6.45, 7) is 6.34. The number of carbonyl (C=O) groups excluding carboxylic acids is 1. The topological polar surface area (TPSA) is 83.5 Å². The van der Waals surface area contributed by atoms with E-state index < -0.39 is 11.8 Å². The number of esters is 1. The third-order valence-corrected chi connectivity index (χ3v) is 4.28. The van der Waals surface area contributed by atoms with Gasteiger partial charge in [-0.2, -0.15) is 0 Å². The third-order valence-electron chi connectivity index (χ3n) is 4.28. The van der Waals surface area contributed by atoms with Crippen molar-refractivity contribution in [2.45, 2.75) is 51.6 Å². The molecule has 0 spiro atoms. The van der Waals surface area contributed by atoms with Crippen molar-refractivity contribution < 1.29 is 33.6 Å². The summed E-state index contributed by atoms with van der Waals surface area (Å²) in [5.74, 6) is -0.979. The van der Waals surface area contributed by atoms with Crippen LogP contribution in [0.2, 0.25) is 0 Å². The molecule has 1 N–H and O–H groups in total. The maximum atomic E-state index is 12.4. The standard InChI is InChI=1S/C21H30O7/c1-6-10-26-20(23)19-14(11-15(25-5)12-16(19)22)8-7-9-17-18(13-24-4)28-21(2,3)27-17/h7-8,11-12,17-18,22H,6,9-10,13H2,1-5H3/b8-7+/t17-,18+/m0/s1. The van der Waals surface area contributed by atoms with Gasteiger partial charge in [-0.3, -0.25) is 0 Å². The number of rotatable bonds is 9. The van der Waals surface area contributed by atoms with E-state index in [0.717, 1.165) is 0 Å². The summed E-state index contributed by atoms with van der Waals surface area (Å²) in [7, 11) is 3.12. The highest BCUT2D eigenvalue weighted by Crippen LogP contribution is 2.32. The Morgan fingerprint density at radius 1 is 1.25 bits per heavy atom. The molecule has 1 aromatic carbocycles. The summed E-state index contributed by atoms with van der Waals surface area (Å²) in [6, 6.07) is 3.08. The van der Waals surface area contributed by atoms with Gasteiger partial charge in [0.1, 0.15) is 23.2 Å². The van der Waals surface area contributed by atoms with E-state index in [9.17, 15) is 9.90 Å². The first-order valence-corrected chi connectivity index (χ1v) is 9.40. The Hall–Kier alpha value is -2.09. The van der Waals surface area contributed by atoms with Crippen LogP contribution in [0, 0.1) is 0 Å². The Labute approximate surface area is 166 Å². The highest BCUT2D eigenvalue weighted by molar-refractivity contribution is 5.97. The normalized spacial score (nSPS) is 21.2. The molecule has 156 valence electrons. The van der Waals surface area contributed by atoms with E-state index in [-0.39, 0.29) is 30.1 Å². The predicted octanol–water partition coefficient (Wildman–Crippen LogP) is 3.54.